The van der Waals surface area contributed by atoms with Gasteiger partial charge in [-0.2, -0.15) is 0 Å². The summed E-state index contributed by atoms with van der Waals surface area (Å²) in [6.45, 7) is 4.40. The molecule has 0 spiro atoms. The van der Waals surface area contributed by atoms with Gasteiger partial charge in [0.15, 0.2) is 5.78 Å². The summed E-state index contributed by atoms with van der Waals surface area (Å²) in [5, 5.41) is 24.5. The van der Waals surface area contributed by atoms with E-state index in [1.54, 1.807) is 103 Å². The van der Waals surface area contributed by atoms with E-state index in [4.69, 9.17) is 20.9 Å². The van der Waals surface area contributed by atoms with Crippen molar-refractivity contribution in [3.63, 3.8) is 0 Å². The standard InChI is InChI=1S/C57H70N2O8/c1-3-5-7-40-9-23-46(24-10-40)54(62)66-51-32-18-42(19-33-51)17-31-50(60)39-56(37-44-13-27-48(58)28-14-44,38-45-15-29-49(59)30-16-45)57(64,65)53(61)36-22-43-20-34-52(35-21-43)67-55(63)47-25-11-41(12-26-47)8-6-4-2/h13-22,27-36,40-41,46-47,64-65H,3-12,23-26,37-39,58-59H2,1-2H3/b31-17+,36-22+. The third-order valence-corrected chi connectivity index (χ3v) is 14.0. The highest BCUT2D eigenvalue weighted by atomic mass is 16.5. The number of ether oxygens (including phenoxy) is 2. The molecule has 2 fully saturated rings. The van der Waals surface area contributed by atoms with E-state index in [0.29, 0.717) is 57.0 Å². The summed E-state index contributed by atoms with van der Waals surface area (Å²) in [7, 11) is 0. The fourth-order valence-corrected chi connectivity index (χ4v) is 9.79. The third-order valence-electron chi connectivity index (χ3n) is 14.0. The third kappa shape index (κ3) is 14.6. The zero-order valence-electron chi connectivity index (χ0n) is 39.4. The molecule has 10 nitrogen and oxygen atoms in total. The van der Waals surface area contributed by atoms with E-state index < -0.39 is 29.2 Å². The summed E-state index contributed by atoms with van der Waals surface area (Å²) in [6, 6.07) is 27.3. The quantitative estimate of drug-likeness (QED) is 0.0195. The molecule has 0 saturated heterocycles. The summed E-state index contributed by atoms with van der Waals surface area (Å²) in [5.41, 5.74) is 13.7. The Morgan fingerprint density at radius 3 is 1.34 bits per heavy atom. The summed E-state index contributed by atoms with van der Waals surface area (Å²) < 4.78 is 11.5. The smallest absolute Gasteiger partial charge is 0.314 e. The van der Waals surface area contributed by atoms with E-state index in [1.807, 2.05) is 0 Å². The summed E-state index contributed by atoms with van der Waals surface area (Å²) in [4.78, 5) is 54.3. The summed E-state index contributed by atoms with van der Waals surface area (Å²) >= 11 is 0. The fraction of sp³-hybridized carbons (Fsp3) is 0.439. The number of ketones is 2. The number of esters is 2. The van der Waals surface area contributed by atoms with Crippen LogP contribution in [0.4, 0.5) is 11.4 Å². The van der Waals surface area contributed by atoms with Gasteiger partial charge in [-0.15, -0.1) is 0 Å². The normalized spacial score (nSPS) is 19.0. The Bertz CT molecular complexity index is 2230. The van der Waals surface area contributed by atoms with Crippen LogP contribution in [-0.4, -0.2) is 39.5 Å². The number of allylic oxidation sites excluding steroid dienone is 1. The van der Waals surface area contributed by atoms with Crippen LogP contribution in [0.1, 0.15) is 132 Å². The van der Waals surface area contributed by atoms with Crippen molar-refractivity contribution in [3.8, 4) is 11.5 Å². The van der Waals surface area contributed by atoms with Crippen molar-refractivity contribution in [2.75, 3.05) is 11.5 Å². The topological polar surface area (TPSA) is 179 Å². The predicted molar refractivity (Wildman–Crippen MR) is 266 cm³/mol. The number of unbranched alkanes of at least 4 members (excludes halogenated alkanes) is 2. The molecular formula is C57H70N2O8. The molecule has 6 rings (SSSR count). The molecule has 0 atom stereocenters. The number of rotatable bonds is 22. The molecule has 0 unspecified atom stereocenters. The van der Waals surface area contributed by atoms with Gasteiger partial charge in [0.1, 0.15) is 11.5 Å². The van der Waals surface area contributed by atoms with Crippen molar-refractivity contribution >= 4 is 47.0 Å². The minimum atomic E-state index is -3.05. The predicted octanol–water partition coefficient (Wildman–Crippen LogP) is 11.1. The highest BCUT2D eigenvalue weighted by Gasteiger charge is 2.54. The molecule has 6 N–H and O–H groups in total. The van der Waals surface area contributed by atoms with Crippen LogP contribution in [0.2, 0.25) is 0 Å². The Kier molecular flexibility index (Phi) is 18.3. The van der Waals surface area contributed by atoms with Gasteiger partial charge in [-0.25, -0.2) is 0 Å². The second-order valence-corrected chi connectivity index (χ2v) is 19.2. The zero-order valence-corrected chi connectivity index (χ0v) is 39.4. The van der Waals surface area contributed by atoms with Crippen LogP contribution in [0.25, 0.3) is 12.2 Å². The molecule has 356 valence electrons. The molecular weight excluding hydrogens is 841 g/mol. The largest absolute Gasteiger partial charge is 0.426 e. The second kappa shape index (κ2) is 24.3. The monoisotopic (exact) mass is 911 g/mol. The minimum Gasteiger partial charge on any atom is -0.426 e. The summed E-state index contributed by atoms with van der Waals surface area (Å²) in [5.74, 6) is -3.02. The van der Waals surface area contributed by atoms with Crippen LogP contribution >= 0.6 is 0 Å². The second-order valence-electron chi connectivity index (χ2n) is 19.2. The van der Waals surface area contributed by atoms with Gasteiger partial charge in [0, 0.05) is 23.2 Å². The van der Waals surface area contributed by atoms with Crippen LogP contribution in [0.5, 0.6) is 11.5 Å². The van der Waals surface area contributed by atoms with Crippen molar-refractivity contribution < 1.29 is 38.9 Å². The molecule has 0 aromatic heterocycles. The van der Waals surface area contributed by atoms with Crippen LogP contribution in [0.3, 0.4) is 0 Å². The maximum atomic E-state index is 14.2. The number of carbonyl (C=O) groups is 4. The fourth-order valence-electron chi connectivity index (χ4n) is 9.79. The first kappa shape index (κ1) is 50.6. The molecule has 4 aromatic carbocycles. The van der Waals surface area contributed by atoms with Gasteiger partial charge in [0.05, 0.1) is 11.8 Å². The Hall–Kier alpha value is -5.84. The van der Waals surface area contributed by atoms with Crippen molar-refractivity contribution in [1.29, 1.82) is 0 Å². The average molecular weight is 911 g/mol. The lowest BCUT2D eigenvalue weighted by atomic mass is 9.65. The molecule has 0 radical (unpaired) electrons. The van der Waals surface area contributed by atoms with E-state index in [9.17, 15) is 29.4 Å². The lowest BCUT2D eigenvalue weighted by Gasteiger charge is -2.42. The molecule has 10 heteroatoms. The Morgan fingerprint density at radius 1 is 0.567 bits per heavy atom. The number of nitrogen functional groups attached to an aromatic ring is 2. The van der Waals surface area contributed by atoms with Crippen molar-refractivity contribution in [2.24, 2.45) is 29.1 Å². The first-order valence-electron chi connectivity index (χ1n) is 24.5. The maximum absolute atomic E-state index is 14.2. The molecule has 4 aromatic rings. The number of hydrogen-bond acceptors (Lipinski definition) is 10. The lowest BCUT2D eigenvalue weighted by Crippen LogP contribution is -2.57. The highest BCUT2D eigenvalue weighted by Crippen LogP contribution is 2.43. The van der Waals surface area contributed by atoms with E-state index in [1.165, 1.54) is 50.7 Å². The molecule has 2 aliphatic carbocycles. The number of nitrogens with two attached hydrogens (primary N) is 2. The first-order valence-corrected chi connectivity index (χ1v) is 24.5. The SMILES string of the molecule is CCCCC1CCC(C(=O)Oc2ccc(/C=C/C(=O)CC(Cc3ccc(N)cc3)(Cc3ccc(N)cc3)C(O)(O)C(=O)/C=C/c3ccc(OC(=O)C4CCC(CCCC)CC4)cc3)cc2)CC1. The molecule has 0 aliphatic heterocycles. The van der Waals surface area contributed by atoms with Crippen molar-refractivity contribution in [3.05, 3.63) is 131 Å². The Morgan fingerprint density at radius 2 is 0.955 bits per heavy atom. The number of benzene rings is 4. The molecule has 2 saturated carbocycles. The van der Waals surface area contributed by atoms with Crippen LogP contribution < -0.4 is 20.9 Å². The van der Waals surface area contributed by atoms with Crippen molar-refractivity contribution in [2.45, 2.75) is 129 Å². The molecule has 2 aliphatic rings. The number of anilines is 2. The molecule has 0 bridgehead atoms. The van der Waals surface area contributed by atoms with Gasteiger partial charge in [-0.1, -0.05) is 113 Å². The maximum Gasteiger partial charge on any atom is 0.314 e. The van der Waals surface area contributed by atoms with Gasteiger partial charge in [0.2, 0.25) is 11.6 Å². The van der Waals surface area contributed by atoms with E-state index in [0.717, 1.165) is 57.4 Å². The van der Waals surface area contributed by atoms with E-state index in [2.05, 4.69) is 13.8 Å². The lowest BCUT2D eigenvalue weighted by molar-refractivity contribution is -0.230. The van der Waals surface area contributed by atoms with Gasteiger partial charge in [-0.3, -0.25) is 19.2 Å². The van der Waals surface area contributed by atoms with Gasteiger partial charge >= 0.3 is 11.9 Å². The summed E-state index contributed by atoms with van der Waals surface area (Å²) in [6.07, 6.45) is 19.7. The van der Waals surface area contributed by atoms with Crippen LogP contribution in [-0.2, 0) is 32.0 Å². The Balaban J connectivity index is 1.17. The van der Waals surface area contributed by atoms with E-state index in [-0.39, 0.29) is 36.6 Å². The van der Waals surface area contributed by atoms with E-state index >= 15 is 0 Å². The van der Waals surface area contributed by atoms with Crippen LogP contribution in [0, 0.1) is 29.1 Å². The molecule has 0 heterocycles. The average Bonchev–Trinajstić information content (AvgIpc) is 3.33. The van der Waals surface area contributed by atoms with Gasteiger partial charge in [0.25, 0.3) is 0 Å². The zero-order chi connectivity index (χ0) is 47.8. The van der Waals surface area contributed by atoms with Crippen molar-refractivity contribution in [1.82, 2.24) is 0 Å². The molecule has 67 heavy (non-hydrogen) atoms. The van der Waals surface area contributed by atoms with Crippen LogP contribution in [0.15, 0.2) is 109 Å². The number of aliphatic hydroxyl groups is 2. The highest BCUT2D eigenvalue weighted by molar-refractivity contribution is 6.01. The number of carbonyl (C=O) groups excluding carboxylic acids is 4. The minimum absolute atomic E-state index is 0.0786. The number of hydrogen-bond donors (Lipinski definition) is 4. The molecule has 0 amide bonds. The first-order chi connectivity index (χ1) is 32.2. The Labute approximate surface area is 396 Å². The van der Waals surface area contributed by atoms with Gasteiger partial charge in [-0.05, 0) is 159 Å². The van der Waals surface area contributed by atoms with Gasteiger partial charge < -0.3 is 31.2 Å².